The molecule has 0 saturated heterocycles. The zero-order valence-corrected chi connectivity index (χ0v) is 12.2. The highest BCUT2D eigenvalue weighted by Gasteiger charge is 2.05. The molecule has 0 radical (unpaired) electrons. The minimum Gasteiger partial charge on any atom is -0.494 e. The van der Waals surface area contributed by atoms with Gasteiger partial charge in [0.1, 0.15) is 5.75 Å². The van der Waals surface area contributed by atoms with Crippen molar-refractivity contribution in [3.63, 3.8) is 0 Å². The summed E-state index contributed by atoms with van der Waals surface area (Å²) in [5.74, 6) is 0.920. The minimum absolute atomic E-state index is 0.698. The van der Waals surface area contributed by atoms with Crippen LogP contribution in [0.25, 0.3) is 0 Å². The Hall–Kier alpha value is -2.16. The van der Waals surface area contributed by atoms with E-state index in [1.165, 1.54) is 5.56 Å². The number of hydrogen-bond donors (Lipinski definition) is 1. The van der Waals surface area contributed by atoms with Crippen LogP contribution >= 0.6 is 0 Å². The van der Waals surface area contributed by atoms with Crippen molar-refractivity contribution in [2.45, 2.75) is 20.4 Å². The van der Waals surface area contributed by atoms with Gasteiger partial charge in [0, 0.05) is 24.5 Å². The fourth-order valence-corrected chi connectivity index (χ4v) is 2.19. The molecule has 3 nitrogen and oxygen atoms in total. The summed E-state index contributed by atoms with van der Waals surface area (Å²) in [6, 6.07) is 16.3. The van der Waals surface area contributed by atoms with Gasteiger partial charge in [-0.15, -0.1) is 0 Å². The van der Waals surface area contributed by atoms with Gasteiger partial charge < -0.3 is 15.4 Å². The van der Waals surface area contributed by atoms with Crippen LogP contribution in [0.4, 0.5) is 11.4 Å². The number of anilines is 2. The second-order valence-electron chi connectivity index (χ2n) is 4.69. The van der Waals surface area contributed by atoms with Crippen molar-refractivity contribution in [3.8, 4) is 5.75 Å². The van der Waals surface area contributed by atoms with Gasteiger partial charge in [0.15, 0.2) is 0 Å². The number of ether oxygens (including phenoxy) is 1. The first-order valence-electron chi connectivity index (χ1n) is 7.05. The second kappa shape index (κ2) is 6.85. The van der Waals surface area contributed by atoms with E-state index >= 15 is 0 Å². The first kappa shape index (κ1) is 14.3. The van der Waals surface area contributed by atoms with E-state index in [1.54, 1.807) is 0 Å². The van der Waals surface area contributed by atoms with Crippen molar-refractivity contribution in [1.82, 2.24) is 0 Å². The van der Waals surface area contributed by atoms with Crippen molar-refractivity contribution in [1.29, 1.82) is 0 Å². The molecule has 2 rings (SSSR count). The molecule has 0 amide bonds. The van der Waals surface area contributed by atoms with Gasteiger partial charge in [-0.1, -0.05) is 18.2 Å². The number of rotatable bonds is 6. The summed E-state index contributed by atoms with van der Waals surface area (Å²) in [5.41, 5.74) is 9.07. The van der Waals surface area contributed by atoms with Crippen LogP contribution < -0.4 is 15.4 Å². The molecule has 0 aliphatic rings. The number of benzene rings is 2. The van der Waals surface area contributed by atoms with Gasteiger partial charge >= 0.3 is 0 Å². The summed E-state index contributed by atoms with van der Waals surface area (Å²) >= 11 is 0. The molecule has 0 spiro atoms. The maximum atomic E-state index is 5.85. The SMILES string of the molecule is CCOc1ccc(CN(CC)c2cccc(N)c2)cc1. The lowest BCUT2D eigenvalue weighted by molar-refractivity contribution is 0.340. The Bertz CT molecular complexity index is 537. The molecule has 20 heavy (non-hydrogen) atoms. The molecule has 3 heteroatoms. The number of nitrogens with two attached hydrogens (primary N) is 1. The van der Waals surface area contributed by atoms with E-state index in [-0.39, 0.29) is 0 Å². The largest absolute Gasteiger partial charge is 0.494 e. The third-order valence-electron chi connectivity index (χ3n) is 3.22. The Balaban J connectivity index is 2.09. The van der Waals surface area contributed by atoms with Crippen molar-refractivity contribution >= 4 is 11.4 Å². The van der Waals surface area contributed by atoms with Gasteiger partial charge in [-0.25, -0.2) is 0 Å². The minimum atomic E-state index is 0.698. The van der Waals surface area contributed by atoms with E-state index in [2.05, 4.69) is 30.0 Å². The average molecular weight is 270 g/mol. The van der Waals surface area contributed by atoms with Crippen molar-refractivity contribution < 1.29 is 4.74 Å². The van der Waals surface area contributed by atoms with E-state index in [1.807, 2.05) is 37.3 Å². The Kier molecular flexibility index (Phi) is 4.88. The lowest BCUT2D eigenvalue weighted by Gasteiger charge is -2.23. The quantitative estimate of drug-likeness (QED) is 0.813. The lowest BCUT2D eigenvalue weighted by atomic mass is 10.2. The molecule has 0 fully saturated rings. The summed E-state index contributed by atoms with van der Waals surface area (Å²) in [6.07, 6.45) is 0. The topological polar surface area (TPSA) is 38.5 Å². The highest BCUT2D eigenvalue weighted by molar-refractivity contribution is 5.56. The molecule has 2 N–H and O–H groups in total. The van der Waals surface area contributed by atoms with Crippen molar-refractivity contribution in [3.05, 3.63) is 54.1 Å². The van der Waals surface area contributed by atoms with E-state index in [0.717, 1.165) is 30.2 Å². The summed E-state index contributed by atoms with van der Waals surface area (Å²) in [6.45, 7) is 6.65. The predicted octanol–water partition coefficient (Wildman–Crippen LogP) is 3.69. The van der Waals surface area contributed by atoms with Gasteiger partial charge in [-0.05, 0) is 49.7 Å². The molecule has 0 heterocycles. The molecule has 0 aromatic heterocycles. The predicted molar refractivity (Wildman–Crippen MR) is 85.2 cm³/mol. The molecule has 0 saturated carbocycles. The van der Waals surface area contributed by atoms with Gasteiger partial charge in [-0.2, -0.15) is 0 Å². The van der Waals surface area contributed by atoms with Gasteiger partial charge in [-0.3, -0.25) is 0 Å². The highest BCUT2D eigenvalue weighted by atomic mass is 16.5. The van der Waals surface area contributed by atoms with E-state index in [4.69, 9.17) is 10.5 Å². The number of hydrogen-bond acceptors (Lipinski definition) is 3. The molecular formula is C17H22N2O. The van der Waals surface area contributed by atoms with Crippen LogP contribution in [0, 0.1) is 0 Å². The van der Waals surface area contributed by atoms with Gasteiger partial charge in [0.05, 0.1) is 6.61 Å². The molecule has 2 aromatic carbocycles. The zero-order chi connectivity index (χ0) is 14.4. The maximum absolute atomic E-state index is 5.85. The van der Waals surface area contributed by atoms with Crippen LogP contribution in [0.2, 0.25) is 0 Å². The Morgan fingerprint density at radius 2 is 1.80 bits per heavy atom. The second-order valence-corrected chi connectivity index (χ2v) is 4.69. The molecule has 0 atom stereocenters. The van der Waals surface area contributed by atoms with Gasteiger partial charge in [0.25, 0.3) is 0 Å². The molecule has 0 aliphatic carbocycles. The van der Waals surface area contributed by atoms with E-state index < -0.39 is 0 Å². The van der Waals surface area contributed by atoms with Gasteiger partial charge in [0.2, 0.25) is 0 Å². The van der Waals surface area contributed by atoms with Crippen LogP contribution in [-0.2, 0) is 6.54 Å². The molecule has 0 unspecified atom stereocenters. The Labute approximate surface area is 121 Å². The average Bonchev–Trinajstić information content (AvgIpc) is 2.47. The first-order chi connectivity index (χ1) is 9.72. The lowest BCUT2D eigenvalue weighted by Crippen LogP contribution is -2.21. The summed E-state index contributed by atoms with van der Waals surface area (Å²) in [5, 5.41) is 0. The van der Waals surface area contributed by atoms with Crippen molar-refractivity contribution in [2.24, 2.45) is 0 Å². The van der Waals surface area contributed by atoms with Crippen LogP contribution in [0.15, 0.2) is 48.5 Å². The monoisotopic (exact) mass is 270 g/mol. The molecule has 106 valence electrons. The third kappa shape index (κ3) is 3.67. The first-order valence-corrected chi connectivity index (χ1v) is 7.05. The van der Waals surface area contributed by atoms with Crippen LogP contribution in [0.5, 0.6) is 5.75 Å². The maximum Gasteiger partial charge on any atom is 0.119 e. The van der Waals surface area contributed by atoms with E-state index in [0.29, 0.717) is 6.61 Å². The highest BCUT2D eigenvalue weighted by Crippen LogP contribution is 2.20. The van der Waals surface area contributed by atoms with Crippen LogP contribution in [0.1, 0.15) is 19.4 Å². The van der Waals surface area contributed by atoms with Crippen molar-refractivity contribution in [2.75, 3.05) is 23.8 Å². The summed E-state index contributed by atoms with van der Waals surface area (Å²) in [4.78, 5) is 2.30. The smallest absolute Gasteiger partial charge is 0.119 e. The standard InChI is InChI=1S/C17H22N2O/c1-3-19(16-7-5-6-15(18)12-16)13-14-8-10-17(11-9-14)20-4-2/h5-12H,3-4,13,18H2,1-2H3. The fourth-order valence-electron chi connectivity index (χ4n) is 2.19. The Morgan fingerprint density at radius 1 is 1.05 bits per heavy atom. The molecule has 0 aliphatic heterocycles. The van der Waals surface area contributed by atoms with Crippen LogP contribution in [-0.4, -0.2) is 13.2 Å². The summed E-state index contributed by atoms with van der Waals surface area (Å²) < 4.78 is 5.46. The fraction of sp³-hybridized carbons (Fsp3) is 0.294. The third-order valence-corrected chi connectivity index (χ3v) is 3.22. The molecular weight excluding hydrogens is 248 g/mol. The normalized spacial score (nSPS) is 10.3. The summed E-state index contributed by atoms with van der Waals surface area (Å²) in [7, 11) is 0. The van der Waals surface area contributed by atoms with Crippen LogP contribution in [0.3, 0.4) is 0 Å². The van der Waals surface area contributed by atoms with E-state index in [9.17, 15) is 0 Å². The number of nitrogens with zero attached hydrogens (tertiary/aromatic N) is 1. The Morgan fingerprint density at radius 3 is 2.40 bits per heavy atom. The number of nitrogen functional groups attached to an aromatic ring is 1. The molecule has 0 bridgehead atoms. The molecule has 2 aromatic rings. The zero-order valence-electron chi connectivity index (χ0n) is 12.2.